The molecule has 2 N–H and O–H groups in total. The predicted octanol–water partition coefficient (Wildman–Crippen LogP) is 0.867. The lowest BCUT2D eigenvalue weighted by atomic mass is 10.4. The molecule has 0 radical (unpaired) electrons. The zero-order valence-corrected chi connectivity index (χ0v) is 5.57. The zero-order valence-electron chi connectivity index (χ0n) is 5.57. The van der Waals surface area contributed by atoms with E-state index < -0.39 is 12.4 Å². The third-order valence-corrected chi connectivity index (χ3v) is 0.898. The van der Waals surface area contributed by atoms with Crippen molar-refractivity contribution in [3.8, 4) is 0 Å². The maximum atomic E-state index is 11.5. The Morgan fingerprint density at radius 2 is 2.00 bits per heavy atom. The van der Waals surface area contributed by atoms with Gasteiger partial charge in [0.25, 0.3) is 0 Å². The van der Waals surface area contributed by atoms with Crippen LogP contribution in [0.25, 0.3) is 0 Å². The Hall–Kier alpha value is -0.290. The van der Waals surface area contributed by atoms with Crippen molar-refractivity contribution in [3.05, 3.63) is 0 Å². The van der Waals surface area contributed by atoms with E-state index in [0.29, 0.717) is 6.42 Å². The number of hydrogen-bond donors (Lipinski definition) is 2. The van der Waals surface area contributed by atoms with Crippen LogP contribution < -0.4 is 5.32 Å². The van der Waals surface area contributed by atoms with Gasteiger partial charge in [-0.05, 0) is 13.0 Å². The Kier molecular flexibility index (Phi) is 3.67. The van der Waals surface area contributed by atoms with Gasteiger partial charge in [-0.15, -0.1) is 0 Å². The average Bonchev–Trinajstić information content (AvgIpc) is 1.80. The Bertz CT molecular complexity index is 93.4. The second-order valence-electron chi connectivity index (χ2n) is 1.90. The SMILES string of the molecule is CCCNC(O)C(F)(F)F. The minimum absolute atomic E-state index is 0.167. The number of halogens is 3. The van der Waals surface area contributed by atoms with Gasteiger partial charge in [0, 0.05) is 0 Å². The maximum Gasteiger partial charge on any atom is 0.427 e. The normalized spacial score (nSPS) is 15.3. The fraction of sp³-hybridized carbons (Fsp3) is 1.00. The summed E-state index contributed by atoms with van der Waals surface area (Å²) in [4.78, 5) is 0. The third-order valence-electron chi connectivity index (χ3n) is 0.898. The lowest BCUT2D eigenvalue weighted by Crippen LogP contribution is -2.42. The van der Waals surface area contributed by atoms with Crippen LogP contribution in [0.2, 0.25) is 0 Å². The summed E-state index contributed by atoms with van der Waals surface area (Å²) in [5.74, 6) is 0. The Morgan fingerprint density at radius 3 is 2.30 bits per heavy atom. The van der Waals surface area contributed by atoms with E-state index in [-0.39, 0.29) is 6.54 Å². The molecule has 0 aliphatic carbocycles. The van der Waals surface area contributed by atoms with Crippen LogP contribution in [-0.4, -0.2) is 24.1 Å². The van der Waals surface area contributed by atoms with Crippen LogP contribution in [0.1, 0.15) is 13.3 Å². The zero-order chi connectivity index (χ0) is 8.20. The monoisotopic (exact) mass is 157 g/mol. The average molecular weight is 157 g/mol. The van der Waals surface area contributed by atoms with E-state index in [2.05, 4.69) is 0 Å². The van der Waals surface area contributed by atoms with E-state index >= 15 is 0 Å². The summed E-state index contributed by atoms with van der Waals surface area (Å²) in [6, 6.07) is 0. The number of nitrogens with one attached hydrogen (secondary N) is 1. The molecule has 5 heteroatoms. The minimum atomic E-state index is -4.55. The van der Waals surface area contributed by atoms with Crippen LogP contribution in [0.15, 0.2) is 0 Å². The Morgan fingerprint density at radius 1 is 1.50 bits per heavy atom. The van der Waals surface area contributed by atoms with Crippen molar-refractivity contribution >= 4 is 0 Å². The van der Waals surface area contributed by atoms with Gasteiger partial charge in [-0.3, -0.25) is 5.32 Å². The summed E-state index contributed by atoms with van der Waals surface area (Å²) >= 11 is 0. The molecule has 0 heterocycles. The fourth-order valence-electron chi connectivity index (χ4n) is 0.397. The molecule has 1 atom stereocenters. The molecule has 0 aliphatic heterocycles. The van der Waals surface area contributed by atoms with Crippen LogP contribution in [0.5, 0.6) is 0 Å². The van der Waals surface area contributed by atoms with Crippen molar-refractivity contribution in [1.29, 1.82) is 0 Å². The summed E-state index contributed by atoms with van der Waals surface area (Å²) in [5.41, 5.74) is 0. The first-order valence-electron chi connectivity index (χ1n) is 2.96. The molecule has 62 valence electrons. The summed E-state index contributed by atoms with van der Waals surface area (Å²) in [6.45, 7) is 1.89. The van der Waals surface area contributed by atoms with Crippen LogP contribution in [0.3, 0.4) is 0 Å². The molecular formula is C5H10F3NO. The van der Waals surface area contributed by atoms with Crippen LogP contribution in [0, 0.1) is 0 Å². The molecule has 0 saturated heterocycles. The predicted molar refractivity (Wildman–Crippen MR) is 30.4 cm³/mol. The van der Waals surface area contributed by atoms with Crippen LogP contribution in [0.4, 0.5) is 13.2 Å². The number of hydrogen-bond acceptors (Lipinski definition) is 2. The first-order chi connectivity index (χ1) is 4.48. The van der Waals surface area contributed by atoms with Crippen molar-refractivity contribution in [2.45, 2.75) is 25.7 Å². The third kappa shape index (κ3) is 3.68. The summed E-state index contributed by atoms with van der Waals surface area (Å²) < 4.78 is 34.4. The van der Waals surface area contributed by atoms with Gasteiger partial charge in [0.2, 0.25) is 6.23 Å². The molecule has 1 unspecified atom stereocenters. The van der Waals surface area contributed by atoms with Crippen molar-refractivity contribution in [2.75, 3.05) is 6.54 Å². The molecule has 0 aromatic heterocycles. The van der Waals surface area contributed by atoms with E-state index in [4.69, 9.17) is 5.11 Å². The van der Waals surface area contributed by atoms with E-state index in [9.17, 15) is 13.2 Å². The van der Waals surface area contributed by atoms with Crippen molar-refractivity contribution in [1.82, 2.24) is 5.32 Å². The number of rotatable bonds is 3. The second kappa shape index (κ2) is 3.78. The molecule has 0 aromatic rings. The molecule has 10 heavy (non-hydrogen) atoms. The lowest BCUT2D eigenvalue weighted by molar-refractivity contribution is -0.213. The van der Waals surface area contributed by atoms with Crippen LogP contribution in [-0.2, 0) is 0 Å². The molecule has 0 spiro atoms. The fourth-order valence-corrected chi connectivity index (χ4v) is 0.397. The summed E-state index contributed by atoms with van der Waals surface area (Å²) in [6.07, 6.45) is -6.37. The first-order valence-corrected chi connectivity index (χ1v) is 2.96. The molecule has 0 fully saturated rings. The highest BCUT2D eigenvalue weighted by Gasteiger charge is 2.37. The van der Waals surface area contributed by atoms with Gasteiger partial charge in [0.15, 0.2) is 0 Å². The van der Waals surface area contributed by atoms with Crippen molar-refractivity contribution in [2.24, 2.45) is 0 Å². The molecule has 2 nitrogen and oxygen atoms in total. The Labute approximate surface area is 57.0 Å². The van der Waals surface area contributed by atoms with E-state index in [1.807, 2.05) is 5.32 Å². The summed E-state index contributed by atoms with van der Waals surface area (Å²) in [5, 5.41) is 10.2. The van der Waals surface area contributed by atoms with Crippen molar-refractivity contribution in [3.63, 3.8) is 0 Å². The molecule has 0 aliphatic rings. The second-order valence-corrected chi connectivity index (χ2v) is 1.90. The topological polar surface area (TPSA) is 32.3 Å². The van der Waals surface area contributed by atoms with Gasteiger partial charge in [-0.25, -0.2) is 0 Å². The quantitative estimate of drug-likeness (QED) is 0.595. The molecular weight excluding hydrogens is 147 g/mol. The Balaban J connectivity index is 3.52. The molecule has 0 saturated carbocycles. The summed E-state index contributed by atoms with van der Waals surface area (Å²) in [7, 11) is 0. The molecule has 0 rings (SSSR count). The van der Waals surface area contributed by atoms with E-state index in [1.54, 1.807) is 6.92 Å². The molecule has 0 amide bonds. The molecule has 0 aromatic carbocycles. The highest BCUT2D eigenvalue weighted by molar-refractivity contribution is 4.61. The standard InChI is InChI=1S/C5H10F3NO/c1-2-3-9-4(10)5(6,7)8/h4,9-10H,2-3H2,1H3. The number of aliphatic hydroxyl groups is 1. The number of aliphatic hydroxyl groups excluding tert-OH is 1. The highest BCUT2D eigenvalue weighted by atomic mass is 19.4. The largest absolute Gasteiger partial charge is 0.427 e. The van der Waals surface area contributed by atoms with Gasteiger partial charge in [-0.1, -0.05) is 6.92 Å². The lowest BCUT2D eigenvalue weighted by Gasteiger charge is -2.14. The number of alkyl halides is 3. The van der Waals surface area contributed by atoms with Gasteiger partial charge in [0.05, 0.1) is 0 Å². The van der Waals surface area contributed by atoms with Gasteiger partial charge >= 0.3 is 6.18 Å². The van der Waals surface area contributed by atoms with Crippen LogP contribution >= 0.6 is 0 Å². The van der Waals surface area contributed by atoms with E-state index in [0.717, 1.165) is 0 Å². The first kappa shape index (κ1) is 9.71. The van der Waals surface area contributed by atoms with Gasteiger partial charge in [0.1, 0.15) is 0 Å². The minimum Gasteiger partial charge on any atom is -0.370 e. The smallest absolute Gasteiger partial charge is 0.370 e. The highest BCUT2D eigenvalue weighted by Crippen LogP contribution is 2.17. The van der Waals surface area contributed by atoms with Gasteiger partial charge in [-0.2, -0.15) is 13.2 Å². The van der Waals surface area contributed by atoms with E-state index in [1.165, 1.54) is 0 Å². The van der Waals surface area contributed by atoms with Crippen molar-refractivity contribution < 1.29 is 18.3 Å². The maximum absolute atomic E-state index is 11.5. The van der Waals surface area contributed by atoms with Gasteiger partial charge < -0.3 is 5.11 Å². The molecule has 0 bridgehead atoms.